The number of carbonyl (C=O) groups is 1. The Morgan fingerprint density at radius 2 is 2.00 bits per heavy atom. The van der Waals surface area contributed by atoms with Crippen LogP contribution < -0.4 is 10.7 Å². The first-order valence-electron chi connectivity index (χ1n) is 8.19. The van der Waals surface area contributed by atoms with Crippen molar-refractivity contribution in [1.82, 2.24) is 5.43 Å². The number of aryl methyl sites for hydroxylation is 1. The minimum atomic E-state index is -0.266. The highest BCUT2D eigenvalue weighted by Crippen LogP contribution is 2.31. The molecule has 27 heavy (non-hydrogen) atoms. The zero-order valence-electron chi connectivity index (χ0n) is 14.5. The molecule has 0 unspecified atom stereocenters. The summed E-state index contributed by atoms with van der Waals surface area (Å²) in [5.74, 6) is 0.779. The summed E-state index contributed by atoms with van der Waals surface area (Å²) in [4.78, 5) is 11.9. The molecule has 0 atom stereocenters. The predicted molar refractivity (Wildman–Crippen MR) is 110 cm³/mol. The summed E-state index contributed by atoms with van der Waals surface area (Å²) in [7, 11) is 0. The van der Waals surface area contributed by atoms with Gasteiger partial charge in [-0.15, -0.1) is 0 Å². The average Bonchev–Trinajstić information content (AvgIpc) is 3.11. The van der Waals surface area contributed by atoms with E-state index in [0.717, 1.165) is 11.3 Å². The number of anilines is 1. The largest absolute Gasteiger partial charge is 0.455 e. The van der Waals surface area contributed by atoms with E-state index in [-0.39, 0.29) is 12.5 Å². The fourth-order valence-electron chi connectivity index (χ4n) is 2.40. The third-order valence-corrected chi connectivity index (χ3v) is 4.24. The number of halogens is 2. The standard InChI is InChI=1S/C20H17Cl2N3O2/c1-13-3-2-4-15(9-13)23-12-20(26)25-24-11-16-6-8-19(27-16)17-10-14(21)5-7-18(17)22/h2-11,23H,12H2,1H3,(H,25,26)/b24-11-. The number of nitrogens with zero attached hydrogens (tertiary/aromatic N) is 1. The summed E-state index contributed by atoms with van der Waals surface area (Å²) < 4.78 is 5.67. The van der Waals surface area contributed by atoms with E-state index in [2.05, 4.69) is 15.8 Å². The van der Waals surface area contributed by atoms with Gasteiger partial charge in [0.2, 0.25) is 0 Å². The predicted octanol–water partition coefficient (Wildman–Crippen LogP) is 5.12. The maximum atomic E-state index is 11.9. The van der Waals surface area contributed by atoms with E-state index in [1.165, 1.54) is 6.21 Å². The number of rotatable bonds is 6. The van der Waals surface area contributed by atoms with Crippen LogP contribution in [0.2, 0.25) is 10.0 Å². The van der Waals surface area contributed by atoms with Crippen molar-refractivity contribution in [1.29, 1.82) is 0 Å². The van der Waals surface area contributed by atoms with Crippen LogP contribution in [-0.2, 0) is 4.79 Å². The van der Waals surface area contributed by atoms with Crippen molar-refractivity contribution in [3.8, 4) is 11.3 Å². The van der Waals surface area contributed by atoms with E-state index < -0.39 is 0 Å². The van der Waals surface area contributed by atoms with Crippen molar-refractivity contribution in [2.24, 2.45) is 5.10 Å². The van der Waals surface area contributed by atoms with E-state index in [0.29, 0.717) is 27.1 Å². The van der Waals surface area contributed by atoms with Crippen LogP contribution in [0.25, 0.3) is 11.3 Å². The molecule has 1 amide bonds. The third-order valence-electron chi connectivity index (χ3n) is 3.67. The molecule has 0 bridgehead atoms. The summed E-state index contributed by atoms with van der Waals surface area (Å²) in [6.07, 6.45) is 1.42. The molecule has 3 aromatic rings. The smallest absolute Gasteiger partial charge is 0.259 e. The molecule has 0 saturated carbocycles. The van der Waals surface area contributed by atoms with E-state index in [9.17, 15) is 4.79 Å². The molecule has 0 spiro atoms. The first kappa shape index (κ1) is 19.0. The quantitative estimate of drug-likeness (QED) is 0.444. The highest BCUT2D eigenvalue weighted by Gasteiger charge is 2.09. The zero-order chi connectivity index (χ0) is 19.2. The Morgan fingerprint density at radius 3 is 2.81 bits per heavy atom. The Hall–Kier alpha value is -2.76. The molecule has 3 rings (SSSR count). The number of benzene rings is 2. The molecule has 138 valence electrons. The summed E-state index contributed by atoms with van der Waals surface area (Å²) in [6.45, 7) is 2.10. The SMILES string of the molecule is Cc1cccc(NCC(=O)N/N=C\c2ccc(-c3cc(Cl)ccc3Cl)o2)c1. The normalized spacial score (nSPS) is 10.9. The number of nitrogens with one attached hydrogen (secondary N) is 2. The Bertz CT molecular complexity index is 983. The molecule has 0 radical (unpaired) electrons. The molecule has 2 N–H and O–H groups in total. The van der Waals surface area contributed by atoms with Gasteiger partial charge in [-0.3, -0.25) is 4.79 Å². The van der Waals surface area contributed by atoms with Gasteiger partial charge in [-0.25, -0.2) is 5.43 Å². The molecule has 5 nitrogen and oxygen atoms in total. The molecule has 1 heterocycles. The van der Waals surface area contributed by atoms with Gasteiger partial charge in [0.25, 0.3) is 5.91 Å². The number of carbonyl (C=O) groups excluding carboxylic acids is 1. The van der Waals surface area contributed by atoms with Gasteiger partial charge in [-0.2, -0.15) is 5.10 Å². The Balaban J connectivity index is 1.55. The first-order chi connectivity index (χ1) is 13.0. The average molecular weight is 402 g/mol. The van der Waals surface area contributed by atoms with Gasteiger partial charge < -0.3 is 9.73 Å². The zero-order valence-corrected chi connectivity index (χ0v) is 16.0. The van der Waals surface area contributed by atoms with Crippen molar-refractivity contribution < 1.29 is 9.21 Å². The lowest BCUT2D eigenvalue weighted by atomic mass is 10.2. The fourth-order valence-corrected chi connectivity index (χ4v) is 2.78. The van der Waals surface area contributed by atoms with Crippen LogP contribution in [0.4, 0.5) is 5.69 Å². The fraction of sp³-hybridized carbons (Fsp3) is 0.100. The van der Waals surface area contributed by atoms with E-state index >= 15 is 0 Å². The van der Waals surface area contributed by atoms with Crippen molar-refractivity contribution in [2.45, 2.75) is 6.92 Å². The topological polar surface area (TPSA) is 66.6 Å². The maximum Gasteiger partial charge on any atom is 0.259 e. The van der Waals surface area contributed by atoms with Crippen LogP contribution in [0.3, 0.4) is 0 Å². The highest BCUT2D eigenvalue weighted by atomic mass is 35.5. The molecule has 0 fully saturated rings. The van der Waals surface area contributed by atoms with Crippen molar-refractivity contribution in [3.05, 3.63) is 76.0 Å². The lowest BCUT2D eigenvalue weighted by molar-refractivity contribution is -0.119. The van der Waals surface area contributed by atoms with Crippen LogP contribution in [0.5, 0.6) is 0 Å². The van der Waals surface area contributed by atoms with Gasteiger partial charge in [0.05, 0.1) is 17.8 Å². The second-order valence-corrected chi connectivity index (χ2v) is 6.69. The lowest BCUT2D eigenvalue weighted by Gasteiger charge is -2.05. The van der Waals surface area contributed by atoms with Gasteiger partial charge in [0.1, 0.15) is 11.5 Å². The summed E-state index contributed by atoms with van der Waals surface area (Å²) in [5, 5.41) is 8.03. The molecule has 7 heteroatoms. The summed E-state index contributed by atoms with van der Waals surface area (Å²) in [5.41, 5.74) is 5.13. The molecule has 1 aromatic heterocycles. The van der Waals surface area contributed by atoms with Gasteiger partial charge in [0.15, 0.2) is 0 Å². The molecule has 0 aliphatic carbocycles. The molecule has 0 aliphatic heterocycles. The first-order valence-corrected chi connectivity index (χ1v) is 8.94. The van der Waals surface area contributed by atoms with Gasteiger partial charge >= 0.3 is 0 Å². The monoisotopic (exact) mass is 401 g/mol. The Morgan fingerprint density at radius 1 is 1.15 bits per heavy atom. The number of amides is 1. The number of hydrazone groups is 1. The van der Waals surface area contributed by atoms with E-state index in [4.69, 9.17) is 27.6 Å². The van der Waals surface area contributed by atoms with Crippen molar-refractivity contribution in [2.75, 3.05) is 11.9 Å². The van der Waals surface area contributed by atoms with Gasteiger partial charge in [0, 0.05) is 16.3 Å². The van der Waals surface area contributed by atoms with Crippen molar-refractivity contribution >= 4 is 41.0 Å². The molecule has 2 aromatic carbocycles. The second kappa shape index (κ2) is 8.75. The van der Waals surface area contributed by atoms with E-state index in [1.54, 1.807) is 30.3 Å². The van der Waals surface area contributed by atoms with Crippen LogP contribution in [0.15, 0.2) is 64.1 Å². The maximum absolute atomic E-state index is 11.9. The van der Waals surface area contributed by atoms with Crippen LogP contribution in [-0.4, -0.2) is 18.7 Å². The summed E-state index contributed by atoms with van der Waals surface area (Å²) in [6, 6.07) is 16.4. The van der Waals surface area contributed by atoms with Crippen LogP contribution >= 0.6 is 23.2 Å². The number of hydrogen-bond acceptors (Lipinski definition) is 4. The Kier molecular flexibility index (Phi) is 6.16. The lowest BCUT2D eigenvalue weighted by Crippen LogP contribution is -2.25. The van der Waals surface area contributed by atoms with Crippen LogP contribution in [0, 0.1) is 6.92 Å². The highest BCUT2D eigenvalue weighted by molar-refractivity contribution is 6.35. The van der Waals surface area contributed by atoms with Gasteiger partial charge in [-0.05, 0) is 55.0 Å². The number of hydrogen-bond donors (Lipinski definition) is 2. The molecule has 0 aliphatic rings. The van der Waals surface area contributed by atoms with E-state index in [1.807, 2.05) is 31.2 Å². The minimum Gasteiger partial charge on any atom is -0.455 e. The van der Waals surface area contributed by atoms with Gasteiger partial charge in [-0.1, -0.05) is 35.3 Å². The second-order valence-electron chi connectivity index (χ2n) is 5.84. The van der Waals surface area contributed by atoms with Crippen molar-refractivity contribution in [3.63, 3.8) is 0 Å². The third kappa shape index (κ3) is 5.36. The summed E-state index contributed by atoms with van der Waals surface area (Å²) >= 11 is 12.2. The molecular weight excluding hydrogens is 385 g/mol. The van der Waals surface area contributed by atoms with Crippen LogP contribution in [0.1, 0.15) is 11.3 Å². The molecular formula is C20H17Cl2N3O2. The molecule has 0 saturated heterocycles. The Labute approximate surface area is 167 Å². The minimum absolute atomic E-state index is 0.113. The number of furan rings is 1.